The van der Waals surface area contributed by atoms with Gasteiger partial charge in [-0.1, -0.05) is 18.5 Å². The zero-order chi connectivity index (χ0) is 10.1. The third-order valence-electron chi connectivity index (χ3n) is 2.63. The van der Waals surface area contributed by atoms with Crippen LogP contribution < -0.4 is 10.9 Å². The lowest BCUT2D eigenvalue weighted by Gasteiger charge is -2.05. The molecule has 0 saturated heterocycles. The van der Waals surface area contributed by atoms with Crippen LogP contribution in [0.3, 0.4) is 0 Å². The van der Waals surface area contributed by atoms with Crippen molar-refractivity contribution in [1.29, 1.82) is 0 Å². The van der Waals surface area contributed by atoms with Gasteiger partial charge in [-0.2, -0.15) is 5.10 Å². The first-order chi connectivity index (χ1) is 6.68. The second-order valence-electron chi connectivity index (χ2n) is 3.78. The number of hydrogen-bond donors (Lipinski definition) is 2. The molecule has 0 bridgehead atoms. The molecule has 0 radical (unpaired) electrons. The van der Waals surface area contributed by atoms with Crippen LogP contribution in [0.5, 0.6) is 0 Å². The molecule has 1 aromatic rings. The number of aromatic nitrogens is 2. The minimum Gasteiger partial charge on any atom is -0.382 e. The molecule has 2 rings (SSSR count). The van der Waals surface area contributed by atoms with Crippen LogP contribution in [0.4, 0.5) is 5.69 Å². The molecule has 2 atom stereocenters. The number of H-pyrrole nitrogens is 1. The Morgan fingerprint density at radius 1 is 1.79 bits per heavy atom. The standard InChI is InChI=1S/C9H12ClN3O/c1-5-2-6(5)3-11-7-4-12-13-9(14)8(7)10/h4-6H,2-3H2,1H3,(H2,11,13,14). The predicted octanol–water partition coefficient (Wildman–Crippen LogP) is 1.49. The van der Waals surface area contributed by atoms with Crippen molar-refractivity contribution in [2.75, 3.05) is 11.9 Å². The SMILES string of the molecule is CC1CC1CNc1cn[nH]c(=O)c1Cl. The van der Waals surface area contributed by atoms with E-state index < -0.39 is 0 Å². The van der Waals surface area contributed by atoms with Crippen LogP contribution in [0.2, 0.25) is 5.02 Å². The van der Waals surface area contributed by atoms with Crippen LogP contribution in [-0.2, 0) is 0 Å². The fourth-order valence-corrected chi connectivity index (χ4v) is 1.59. The maximum absolute atomic E-state index is 11.1. The van der Waals surface area contributed by atoms with Crippen molar-refractivity contribution < 1.29 is 0 Å². The lowest BCUT2D eigenvalue weighted by atomic mass is 10.3. The summed E-state index contributed by atoms with van der Waals surface area (Å²) in [6.45, 7) is 3.08. The third kappa shape index (κ3) is 1.90. The maximum atomic E-state index is 11.1. The fourth-order valence-electron chi connectivity index (χ4n) is 1.43. The molecular formula is C9H12ClN3O. The van der Waals surface area contributed by atoms with Crippen LogP contribution in [0.25, 0.3) is 0 Å². The van der Waals surface area contributed by atoms with E-state index in [1.54, 1.807) is 0 Å². The summed E-state index contributed by atoms with van der Waals surface area (Å²) in [5, 5.41) is 9.27. The number of aromatic amines is 1. The van der Waals surface area contributed by atoms with E-state index in [1.807, 2.05) is 0 Å². The first kappa shape index (κ1) is 9.52. The van der Waals surface area contributed by atoms with Gasteiger partial charge in [0.15, 0.2) is 0 Å². The van der Waals surface area contributed by atoms with Crippen molar-refractivity contribution in [2.45, 2.75) is 13.3 Å². The van der Waals surface area contributed by atoms with Gasteiger partial charge < -0.3 is 5.32 Å². The Hall–Kier alpha value is -1.03. The Kier molecular flexibility index (Phi) is 2.46. The van der Waals surface area contributed by atoms with E-state index in [9.17, 15) is 4.79 Å². The maximum Gasteiger partial charge on any atom is 0.285 e. The van der Waals surface area contributed by atoms with Gasteiger partial charge in [-0.15, -0.1) is 0 Å². The molecule has 0 aromatic carbocycles. The second-order valence-corrected chi connectivity index (χ2v) is 4.16. The molecule has 2 unspecified atom stereocenters. The molecule has 1 aliphatic carbocycles. The van der Waals surface area contributed by atoms with E-state index in [2.05, 4.69) is 22.4 Å². The summed E-state index contributed by atoms with van der Waals surface area (Å²) < 4.78 is 0. The highest BCUT2D eigenvalue weighted by molar-refractivity contribution is 6.32. The second kappa shape index (κ2) is 3.61. The molecule has 0 aliphatic heterocycles. The molecule has 14 heavy (non-hydrogen) atoms. The van der Waals surface area contributed by atoms with E-state index in [1.165, 1.54) is 12.6 Å². The highest BCUT2D eigenvalue weighted by atomic mass is 35.5. The highest BCUT2D eigenvalue weighted by Gasteiger charge is 2.32. The van der Waals surface area contributed by atoms with Gasteiger partial charge in [-0.3, -0.25) is 4.79 Å². The normalized spacial score (nSPS) is 24.7. The third-order valence-corrected chi connectivity index (χ3v) is 3.00. The predicted molar refractivity (Wildman–Crippen MR) is 55.6 cm³/mol. The summed E-state index contributed by atoms with van der Waals surface area (Å²) in [4.78, 5) is 11.1. The van der Waals surface area contributed by atoms with Crippen molar-refractivity contribution in [2.24, 2.45) is 11.8 Å². The molecule has 1 aromatic heterocycles. The number of hydrogen-bond acceptors (Lipinski definition) is 3. The number of rotatable bonds is 3. The average Bonchev–Trinajstić information content (AvgIpc) is 2.85. The number of nitrogens with one attached hydrogen (secondary N) is 2. The van der Waals surface area contributed by atoms with Crippen LogP contribution in [0, 0.1) is 11.8 Å². The zero-order valence-corrected chi connectivity index (χ0v) is 8.64. The Labute approximate surface area is 86.7 Å². The van der Waals surface area contributed by atoms with Gasteiger partial charge in [0.1, 0.15) is 5.02 Å². The van der Waals surface area contributed by atoms with Crippen LogP contribution in [-0.4, -0.2) is 16.7 Å². The van der Waals surface area contributed by atoms with E-state index in [0.29, 0.717) is 11.6 Å². The number of anilines is 1. The summed E-state index contributed by atoms with van der Waals surface area (Å²) in [6.07, 6.45) is 2.79. The molecule has 1 saturated carbocycles. The lowest BCUT2D eigenvalue weighted by Crippen LogP contribution is -2.13. The molecule has 1 heterocycles. The monoisotopic (exact) mass is 213 g/mol. The van der Waals surface area contributed by atoms with Crippen LogP contribution in [0.1, 0.15) is 13.3 Å². The van der Waals surface area contributed by atoms with Crippen molar-refractivity contribution in [3.63, 3.8) is 0 Å². The zero-order valence-electron chi connectivity index (χ0n) is 7.88. The summed E-state index contributed by atoms with van der Waals surface area (Å²) >= 11 is 5.79. The molecule has 76 valence electrons. The van der Waals surface area contributed by atoms with Gasteiger partial charge in [-0.05, 0) is 18.3 Å². The first-order valence-electron chi connectivity index (χ1n) is 4.65. The van der Waals surface area contributed by atoms with Crippen molar-refractivity contribution in [1.82, 2.24) is 10.2 Å². The van der Waals surface area contributed by atoms with Crippen molar-refractivity contribution >= 4 is 17.3 Å². The minimum atomic E-state index is -0.347. The minimum absolute atomic E-state index is 0.188. The van der Waals surface area contributed by atoms with Crippen molar-refractivity contribution in [3.8, 4) is 0 Å². The molecule has 0 amide bonds. The summed E-state index contributed by atoms with van der Waals surface area (Å²) in [5.74, 6) is 1.50. The molecule has 2 N–H and O–H groups in total. The van der Waals surface area contributed by atoms with Gasteiger partial charge in [0, 0.05) is 6.54 Å². The molecule has 5 heteroatoms. The molecule has 4 nitrogen and oxygen atoms in total. The largest absolute Gasteiger partial charge is 0.382 e. The highest BCUT2D eigenvalue weighted by Crippen LogP contribution is 2.37. The van der Waals surface area contributed by atoms with E-state index >= 15 is 0 Å². The Bertz CT molecular complexity index is 390. The smallest absolute Gasteiger partial charge is 0.285 e. The summed E-state index contributed by atoms with van der Waals surface area (Å²) in [5.41, 5.74) is 0.273. The molecular weight excluding hydrogens is 202 g/mol. The molecule has 1 fully saturated rings. The Morgan fingerprint density at radius 3 is 3.14 bits per heavy atom. The van der Waals surface area contributed by atoms with E-state index in [-0.39, 0.29) is 10.6 Å². The Balaban J connectivity index is 2.02. The average molecular weight is 214 g/mol. The van der Waals surface area contributed by atoms with Crippen LogP contribution in [0.15, 0.2) is 11.0 Å². The molecule has 0 spiro atoms. The van der Waals surface area contributed by atoms with Gasteiger partial charge in [0.25, 0.3) is 5.56 Å². The number of nitrogens with zero attached hydrogens (tertiary/aromatic N) is 1. The lowest BCUT2D eigenvalue weighted by molar-refractivity contribution is 0.785. The van der Waals surface area contributed by atoms with Gasteiger partial charge in [0.2, 0.25) is 0 Å². The van der Waals surface area contributed by atoms with Crippen molar-refractivity contribution in [3.05, 3.63) is 21.6 Å². The Morgan fingerprint density at radius 2 is 2.50 bits per heavy atom. The van der Waals surface area contributed by atoms with Gasteiger partial charge >= 0.3 is 0 Å². The fraction of sp³-hybridized carbons (Fsp3) is 0.556. The summed E-state index contributed by atoms with van der Waals surface area (Å²) in [7, 11) is 0. The van der Waals surface area contributed by atoms with Gasteiger partial charge in [-0.25, -0.2) is 5.10 Å². The first-order valence-corrected chi connectivity index (χ1v) is 5.03. The van der Waals surface area contributed by atoms with Crippen LogP contribution >= 0.6 is 11.6 Å². The summed E-state index contributed by atoms with van der Waals surface area (Å²) in [6, 6.07) is 0. The van der Waals surface area contributed by atoms with E-state index in [0.717, 1.165) is 12.5 Å². The molecule has 1 aliphatic rings. The van der Waals surface area contributed by atoms with Gasteiger partial charge in [0.05, 0.1) is 11.9 Å². The quantitative estimate of drug-likeness (QED) is 0.800. The number of halogens is 1. The topological polar surface area (TPSA) is 57.8 Å². The van der Waals surface area contributed by atoms with E-state index in [4.69, 9.17) is 11.6 Å².